The molecule has 0 aliphatic carbocycles. The molecule has 1 heterocycles. The number of amides is 1. The minimum Gasteiger partial charge on any atom is -0.445 e. The summed E-state index contributed by atoms with van der Waals surface area (Å²) >= 11 is 0. The van der Waals surface area contributed by atoms with Crippen molar-refractivity contribution in [3.8, 4) is 0 Å². The number of nitrogens with one attached hydrogen (secondary N) is 1. The van der Waals surface area contributed by atoms with Gasteiger partial charge in [0, 0.05) is 6.20 Å². The van der Waals surface area contributed by atoms with Crippen LogP contribution in [0.25, 0.3) is 0 Å². The van der Waals surface area contributed by atoms with E-state index in [9.17, 15) is 17.7 Å². The Kier molecular flexibility index (Phi) is 7.04. The van der Waals surface area contributed by atoms with Gasteiger partial charge in [-0.25, -0.2) is 9.78 Å². The van der Waals surface area contributed by atoms with Gasteiger partial charge in [0.2, 0.25) is 0 Å². The molecule has 9 heteroatoms. The molecular formula is C10H13BF3KN2O2. The van der Waals surface area contributed by atoms with Crippen LogP contribution in [-0.2, 0) is 4.74 Å². The topological polar surface area (TPSA) is 51.2 Å². The van der Waals surface area contributed by atoms with Gasteiger partial charge in [-0.3, -0.25) is 5.32 Å². The second kappa shape index (κ2) is 7.07. The van der Waals surface area contributed by atoms with Crippen molar-refractivity contribution < 1.29 is 73.9 Å². The van der Waals surface area contributed by atoms with Crippen molar-refractivity contribution in [2.75, 3.05) is 5.32 Å². The maximum Gasteiger partial charge on any atom is 1.00 e. The number of hydrogen-bond acceptors (Lipinski definition) is 3. The molecule has 0 saturated heterocycles. The third-order valence-electron chi connectivity index (χ3n) is 1.79. The Bertz CT molecular complexity index is 432. The first-order valence-corrected chi connectivity index (χ1v) is 5.24. The van der Waals surface area contributed by atoms with Gasteiger partial charge in [0.25, 0.3) is 0 Å². The van der Waals surface area contributed by atoms with Crippen molar-refractivity contribution in [1.82, 2.24) is 4.98 Å². The van der Waals surface area contributed by atoms with Crippen LogP contribution >= 0.6 is 0 Å². The Morgan fingerprint density at radius 1 is 1.32 bits per heavy atom. The molecular weight excluding hydrogens is 287 g/mol. The Morgan fingerprint density at radius 3 is 2.26 bits per heavy atom. The molecule has 4 nitrogen and oxygen atoms in total. The van der Waals surface area contributed by atoms with E-state index in [1.807, 2.05) is 0 Å². The summed E-state index contributed by atoms with van der Waals surface area (Å²) in [4.78, 5) is 14.8. The van der Waals surface area contributed by atoms with Crippen molar-refractivity contribution in [1.29, 1.82) is 0 Å². The number of pyridine rings is 1. The van der Waals surface area contributed by atoms with Crippen molar-refractivity contribution in [3.05, 3.63) is 18.3 Å². The first kappa shape index (κ1) is 18.9. The number of rotatable bonds is 2. The number of anilines is 1. The molecule has 1 rings (SSSR count). The van der Waals surface area contributed by atoms with E-state index in [0.29, 0.717) is 6.20 Å². The first-order chi connectivity index (χ1) is 8.08. The number of nitrogens with zero attached hydrogens (tertiary/aromatic N) is 1. The van der Waals surface area contributed by atoms with Gasteiger partial charge in [-0.05, 0) is 26.8 Å². The van der Waals surface area contributed by atoms with Crippen LogP contribution in [0.2, 0.25) is 0 Å². The summed E-state index contributed by atoms with van der Waals surface area (Å²) in [5, 5.41) is 2.24. The molecule has 0 spiro atoms. The summed E-state index contributed by atoms with van der Waals surface area (Å²) in [5.74, 6) is 0.00745. The fourth-order valence-electron chi connectivity index (χ4n) is 1.08. The Labute approximate surface area is 152 Å². The van der Waals surface area contributed by atoms with Crippen LogP contribution in [-0.4, -0.2) is 23.7 Å². The van der Waals surface area contributed by atoms with Crippen LogP contribution in [0.4, 0.5) is 23.6 Å². The average molecular weight is 300 g/mol. The summed E-state index contributed by atoms with van der Waals surface area (Å²) in [7, 11) is 0. The monoisotopic (exact) mass is 300 g/mol. The van der Waals surface area contributed by atoms with E-state index in [4.69, 9.17) is 4.74 Å². The van der Waals surface area contributed by atoms with E-state index in [0.717, 1.165) is 12.1 Å². The quantitative estimate of drug-likeness (QED) is 0.748. The van der Waals surface area contributed by atoms with E-state index < -0.39 is 24.1 Å². The van der Waals surface area contributed by atoms with Crippen molar-refractivity contribution in [2.24, 2.45) is 0 Å². The normalized spacial score (nSPS) is 11.5. The van der Waals surface area contributed by atoms with Crippen molar-refractivity contribution >= 4 is 24.4 Å². The van der Waals surface area contributed by atoms with Gasteiger partial charge in [0.1, 0.15) is 11.4 Å². The van der Waals surface area contributed by atoms with E-state index in [2.05, 4.69) is 10.3 Å². The van der Waals surface area contributed by atoms with Crippen LogP contribution < -0.4 is 62.2 Å². The van der Waals surface area contributed by atoms with Gasteiger partial charge in [0.05, 0.1) is 0 Å². The molecule has 0 aliphatic heterocycles. The molecule has 1 amide bonds. The van der Waals surface area contributed by atoms with E-state index in [1.54, 1.807) is 20.8 Å². The number of carbonyl (C=O) groups is 1. The SMILES string of the molecule is CC(C)(C)OC(=O)Nc1ccc([B-](F)(F)F)cn1.[K+]. The summed E-state index contributed by atoms with van der Waals surface area (Å²) in [6.45, 7) is -0.0466. The summed E-state index contributed by atoms with van der Waals surface area (Å²) in [5.41, 5.74) is -1.50. The first-order valence-electron chi connectivity index (χ1n) is 5.24. The maximum atomic E-state index is 12.3. The molecule has 100 valence electrons. The fourth-order valence-corrected chi connectivity index (χ4v) is 1.08. The zero-order valence-corrected chi connectivity index (χ0v) is 14.3. The second-order valence-corrected chi connectivity index (χ2v) is 4.68. The van der Waals surface area contributed by atoms with Crippen LogP contribution in [0, 0.1) is 0 Å². The zero-order valence-electron chi connectivity index (χ0n) is 11.2. The molecule has 0 saturated carbocycles. The molecule has 0 bridgehead atoms. The predicted molar refractivity (Wildman–Crippen MR) is 62.8 cm³/mol. The number of hydrogen-bond donors (Lipinski definition) is 1. The standard InChI is InChI=1S/C10H13BF3N2O2.K/c1-10(2,3)18-9(17)16-8-5-4-7(6-15-8)11(12,13)14;/h4-6H,1-3H3,(H,15,16,17);/q-1;+1. The van der Waals surface area contributed by atoms with Crippen LogP contribution in [0.5, 0.6) is 0 Å². The Hall–Kier alpha value is -0.0887. The van der Waals surface area contributed by atoms with Crippen molar-refractivity contribution in [2.45, 2.75) is 26.4 Å². The van der Waals surface area contributed by atoms with E-state index >= 15 is 0 Å². The van der Waals surface area contributed by atoms with Crippen LogP contribution in [0.3, 0.4) is 0 Å². The maximum absolute atomic E-state index is 12.3. The zero-order chi connectivity index (χ0) is 14.0. The fraction of sp³-hybridized carbons (Fsp3) is 0.400. The third kappa shape index (κ3) is 7.31. The Morgan fingerprint density at radius 2 is 1.89 bits per heavy atom. The number of aromatic nitrogens is 1. The molecule has 0 radical (unpaired) electrons. The molecule has 1 aromatic heterocycles. The summed E-state index contributed by atoms with van der Waals surface area (Å²) in [6.07, 6.45) is -0.0903. The predicted octanol–water partition coefficient (Wildman–Crippen LogP) is -0.513. The van der Waals surface area contributed by atoms with Gasteiger partial charge in [-0.2, -0.15) is 0 Å². The minimum absolute atomic E-state index is 0. The number of carbonyl (C=O) groups excluding carboxylic acids is 1. The molecule has 0 aliphatic rings. The van der Waals surface area contributed by atoms with Crippen LogP contribution in [0.1, 0.15) is 20.8 Å². The van der Waals surface area contributed by atoms with Gasteiger partial charge in [-0.1, -0.05) is 11.5 Å². The van der Waals surface area contributed by atoms with Gasteiger partial charge < -0.3 is 17.7 Å². The smallest absolute Gasteiger partial charge is 0.445 e. The second-order valence-electron chi connectivity index (χ2n) is 4.68. The molecule has 0 fully saturated rings. The van der Waals surface area contributed by atoms with Gasteiger partial charge >= 0.3 is 64.5 Å². The molecule has 19 heavy (non-hydrogen) atoms. The molecule has 1 N–H and O–H groups in total. The Balaban J connectivity index is 0.00000324. The molecule has 0 unspecified atom stereocenters. The summed E-state index contributed by atoms with van der Waals surface area (Å²) in [6, 6.07) is 1.94. The van der Waals surface area contributed by atoms with Gasteiger partial charge in [0.15, 0.2) is 0 Å². The molecule has 1 aromatic rings. The van der Waals surface area contributed by atoms with Crippen molar-refractivity contribution in [3.63, 3.8) is 0 Å². The summed E-state index contributed by atoms with van der Waals surface area (Å²) < 4.78 is 41.9. The molecule has 0 aromatic carbocycles. The average Bonchev–Trinajstić information content (AvgIpc) is 2.13. The van der Waals surface area contributed by atoms with E-state index in [-0.39, 0.29) is 57.2 Å². The third-order valence-corrected chi connectivity index (χ3v) is 1.79. The molecule has 0 atom stereocenters. The van der Waals surface area contributed by atoms with E-state index in [1.165, 1.54) is 0 Å². The van der Waals surface area contributed by atoms with Gasteiger partial charge in [-0.15, -0.1) is 0 Å². The largest absolute Gasteiger partial charge is 1.00 e. The number of ether oxygens (including phenoxy) is 1. The minimum atomic E-state index is -5.07. The van der Waals surface area contributed by atoms with Crippen LogP contribution in [0.15, 0.2) is 18.3 Å². The number of halogens is 3.